The largest absolute Gasteiger partial charge is 0.269 e. The van der Waals surface area contributed by atoms with Gasteiger partial charge in [0.15, 0.2) is 0 Å². The first-order valence-corrected chi connectivity index (χ1v) is 4.89. The normalized spacial score (nSPS) is 26.4. The fraction of sp³-hybridized carbons (Fsp3) is 0.455. The van der Waals surface area contributed by atoms with Gasteiger partial charge in [-0.25, -0.2) is 5.01 Å². The molecule has 0 radical (unpaired) electrons. The van der Waals surface area contributed by atoms with Crippen molar-refractivity contribution >= 4 is 0 Å². The Balaban J connectivity index is 2.00. The molecule has 2 rings (SSSR count). The molecule has 0 aliphatic heterocycles. The van der Waals surface area contributed by atoms with Crippen LogP contribution in [-0.4, -0.2) is 17.6 Å². The second kappa shape index (κ2) is 3.48. The molecular formula is C11H16N2. The molecule has 2 N–H and O–H groups in total. The number of benzene rings is 1. The average Bonchev–Trinajstić information content (AvgIpc) is 2.98. The summed E-state index contributed by atoms with van der Waals surface area (Å²) < 4.78 is 0. The number of hydrogen-bond acceptors (Lipinski definition) is 2. The van der Waals surface area contributed by atoms with Crippen LogP contribution in [0, 0.1) is 0 Å². The van der Waals surface area contributed by atoms with Crippen molar-refractivity contribution in [2.75, 3.05) is 6.54 Å². The molecule has 1 aliphatic carbocycles. The van der Waals surface area contributed by atoms with Gasteiger partial charge in [0, 0.05) is 18.5 Å². The maximum atomic E-state index is 5.84. The fourth-order valence-corrected chi connectivity index (χ4v) is 1.84. The van der Waals surface area contributed by atoms with Crippen molar-refractivity contribution in [1.82, 2.24) is 5.01 Å². The zero-order valence-corrected chi connectivity index (χ0v) is 7.98. The second-order valence-corrected chi connectivity index (χ2v) is 3.65. The molecule has 1 fully saturated rings. The van der Waals surface area contributed by atoms with E-state index in [-0.39, 0.29) is 0 Å². The predicted octanol–water partition coefficient (Wildman–Crippen LogP) is 1.74. The van der Waals surface area contributed by atoms with Crippen molar-refractivity contribution in [2.24, 2.45) is 5.84 Å². The maximum absolute atomic E-state index is 5.84. The SMILES string of the molecule is CCN(N)C1CC1c1ccccc1. The summed E-state index contributed by atoms with van der Waals surface area (Å²) in [5.41, 5.74) is 1.43. The van der Waals surface area contributed by atoms with Gasteiger partial charge in [-0.05, 0) is 12.0 Å². The van der Waals surface area contributed by atoms with Crippen LogP contribution in [0.1, 0.15) is 24.8 Å². The van der Waals surface area contributed by atoms with Crippen LogP contribution >= 0.6 is 0 Å². The minimum absolute atomic E-state index is 0.576. The lowest BCUT2D eigenvalue weighted by atomic mass is 10.1. The number of hydrazine groups is 1. The van der Waals surface area contributed by atoms with E-state index in [1.807, 2.05) is 5.01 Å². The molecule has 1 aliphatic rings. The molecule has 0 amide bonds. The third-order valence-corrected chi connectivity index (χ3v) is 2.78. The van der Waals surface area contributed by atoms with Crippen LogP contribution in [0.3, 0.4) is 0 Å². The molecule has 0 bridgehead atoms. The summed E-state index contributed by atoms with van der Waals surface area (Å²) in [6, 6.07) is 11.2. The highest BCUT2D eigenvalue weighted by molar-refractivity contribution is 5.27. The molecule has 0 aromatic heterocycles. The third-order valence-electron chi connectivity index (χ3n) is 2.78. The molecule has 1 aromatic carbocycles. The summed E-state index contributed by atoms with van der Waals surface area (Å²) in [6.07, 6.45) is 1.22. The number of nitrogens with two attached hydrogens (primary N) is 1. The Bertz CT molecular complexity index is 271. The zero-order valence-electron chi connectivity index (χ0n) is 7.98. The first-order chi connectivity index (χ1) is 6.33. The number of rotatable bonds is 3. The molecule has 13 heavy (non-hydrogen) atoms. The monoisotopic (exact) mass is 176 g/mol. The molecule has 1 aromatic rings. The summed E-state index contributed by atoms with van der Waals surface area (Å²) in [6.45, 7) is 3.04. The van der Waals surface area contributed by atoms with E-state index in [0.717, 1.165) is 6.54 Å². The van der Waals surface area contributed by atoms with Crippen LogP contribution in [0.25, 0.3) is 0 Å². The van der Waals surface area contributed by atoms with Crippen LogP contribution in [0.4, 0.5) is 0 Å². The molecule has 2 unspecified atom stereocenters. The lowest BCUT2D eigenvalue weighted by Gasteiger charge is -2.12. The smallest absolute Gasteiger partial charge is 0.0316 e. The van der Waals surface area contributed by atoms with Crippen molar-refractivity contribution in [2.45, 2.75) is 25.3 Å². The number of likely N-dealkylation sites (N-methyl/N-ethyl adjacent to an activating group) is 1. The van der Waals surface area contributed by atoms with E-state index >= 15 is 0 Å². The molecule has 0 saturated heterocycles. The van der Waals surface area contributed by atoms with Crippen LogP contribution < -0.4 is 5.84 Å². The summed E-state index contributed by atoms with van der Waals surface area (Å²) in [5, 5.41) is 1.94. The number of nitrogens with zero attached hydrogens (tertiary/aromatic N) is 1. The lowest BCUT2D eigenvalue weighted by molar-refractivity contribution is 0.283. The minimum atomic E-state index is 0.576. The van der Waals surface area contributed by atoms with Gasteiger partial charge in [0.1, 0.15) is 0 Å². The molecule has 1 saturated carbocycles. The summed E-state index contributed by atoms with van der Waals surface area (Å²) >= 11 is 0. The molecule has 0 heterocycles. The Hall–Kier alpha value is -0.860. The van der Waals surface area contributed by atoms with Gasteiger partial charge >= 0.3 is 0 Å². The molecular weight excluding hydrogens is 160 g/mol. The molecule has 70 valence electrons. The van der Waals surface area contributed by atoms with Crippen molar-refractivity contribution in [3.05, 3.63) is 35.9 Å². The van der Waals surface area contributed by atoms with Crippen LogP contribution in [-0.2, 0) is 0 Å². The first-order valence-electron chi connectivity index (χ1n) is 4.89. The van der Waals surface area contributed by atoms with Crippen molar-refractivity contribution in [1.29, 1.82) is 0 Å². The van der Waals surface area contributed by atoms with E-state index in [1.165, 1.54) is 12.0 Å². The highest BCUT2D eigenvalue weighted by Crippen LogP contribution is 2.43. The molecule has 2 heteroatoms. The quantitative estimate of drug-likeness (QED) is 0.561. The van der Waals surface area contributed by atoms with Gasteiger partial charge in [-0.3, -0.25) is 5.84 Å². The van der Waals surface area contributed by atoms with Gasteiger partial charge < -0.3 is 0 Å². The Morgan fingerprint density at radius 2 is 2.08 bits per heavy atom. The van der Waals surface area contributed by atoms with Gasteiger partial charge in [0.05, 0.1) is 0 Å². The van der Waals surface area contributed by atoms with E-state index in [2.05, 4.69) is 37.3 Å². The first kappa shape index (κ1) is 8.73. The van der Waals surface area contributed by atoms with Crippen molar-refractivity contribution in [3.8, 4) is 0 Å². The van der Waals surface area contributed by atoms with Crippen LogP contribution in [0.5, 0.6) is 0 Å². The zero-order chi connectivity index (χ0) is 9.26. The summed E-state index contributed by atoms with van der Waals surface area (Å²) in [5.74, 6) is 6.51. The van der Waals surface area contributed by atoms with Gasteiger partial charge in [-0.2, -0.15) is 0 Å². The molecule has 2 nitrogen and oxygen atoms in total. The fourth-order valence-electron chi connectivity index (χ4n) is 1.84. The van der Waals surface area contributed by atoms with E-state index in [4.69, 9.17) is 5.84 Å². The molecule has 0 spiro atoms. The van der Waals surface area contributed by atoms with Crippen molar-refractivity contribution < 1.29 is 0 Å². The standard InChI is InChI=1S/C11H16N2/c1-2-13(12)11-8-10(11)9-6-4-3-5-7-9/h3-7,10-11H,2,8,12H2,1H3. The summed E-state index contributed by atoms with van der Waals surface area (Å²) in [4.78, 5) is 0. The van der Waals surface area contributed by atoms with Crippen LogP contribution in [0.15, 0.2) is 30.3 Å². The van der Waals surface area contributed by atoms with Crippen molar-refractivity contribution in [3.63, 3.8) is 0 Å². The van der Waals surface area contributed by atoms with Gasteiger partial charge in [0.2, 0.25) is 0 Å². The van der Waals surface area contributed by atoms with Gasteiger partial charge in [-0.15, -0.1) is 0 Å². The molecule has 2 atom stereocenters. The highest BCUT2D eigenvalue weighted by Gasteiger charge is 2.40. The van der Waals surface area contributed by atoms with Gasteiger partial charge in [0.25, 0.3) is 0 Å². The average molecular weight is 176 g/mol. The topological polar surface area (TPSA) is 29.3 Å². The van der Waals surface area contributed by atoms with E-state index in [1.54, 1.807) is 0 Å². The minimum Gasteiger partial charge on any atom is -0.269 e. The highest BCUT2D eigenvalue weighted by atomic mass is 15.4. The van der Waals surface area contributed by atoms with E-state index in [9.17, 15) is 0 Å². The predicted molar refractivity (Wildman–Crippen MR) is 54.2 cm³/mol. The Morgan fingerprint density at radius 1 is 1.38 bits per heavy atom. The van der Waals surface area contributed by atoms with Crippen LogP contribution in [0.2, 0.25) is 0 Å². The summed E-state index contributed by atoms with van der Waals surface area (Å²) in [7, 11) is 0. The maximum Gasteiger partial charge on any atom is 0.0316 e. The Morgan fingerprint density at radius 3 is 2.69 bits per heavy atom. The van der Waals surface area contributed by atoms with Gasteiger partial charge in [-0.1, -0.05) is 37.3 Å². The third kappa shape index (κ3) is 1.74. The number of hydrogen-bond donors (Lipinski definition) is 1. The Labute approximate surface area is 79.3 Å². The Kier molecular flexibility index (Phi) is 2.34. The lowest BCUT2D eigenvalue weighted by Crippen LogP contribution is -2.33. The van der Waals surface area contributed by atoms with E-state index < -0.39 is 0 Å². The second-order valence-electron chi connectivity index (χ2n) is 3.65. The van der Waals surface area contributed by atoms with E-state index in [0.29, 0.717) is 12.0 Å².